The summed E-state index contributed by atoms with van der Waals surface area (Å²) in [5, 5.41) is 0. The van der Waals surface area contributed by atoms with Crippen molar-refractivity contribution >= 4 is 0 Å². The zero-order valence-electron chi connectivity index (χ0n) is 26.1. The molecule has 0 radical (unpaired) electrons. The smallest absolute Gasteiger partial charge is 0.0845 e. The molecule has 238 valence electrons. The molecule has 0 aromatic heterocycles. The lowest BCUT2D eigenvalue weighted by Crippen LogP contribution is -2.44. The van der Waals surface area contributed by atoms with E-state index in [1.165, 1.54) is 12.8 Å². The largest absolute Gasteiger partial charge is 0.380 e. The SMILES string of the molecule is CC1CCC(COCC(COCC2CCC(C)OC2)(COCC2CCOC(C)C2)COCC2CCC3OC3C2)CO1. The molecule has 5 fully saturated rings. The summed E-state index contributed by atoms with van der Waals surface area (Å²) < 4.78 is 49.3. The van der Waals surface area contributed by atoms with Crippen molar-refractivity contribution in [3.63, 3.8) is 0 Å². The third-order valence-electron chi connectivity index (χ3n) is 9.95. The summed E-state index contributed by atoms with van der Waals surface area (Å²) in [5.74, 6) is 2.01. The molecule has 8 nitrogen and oxygen atoms in total. The molecule has 0 N–H and O–H groups in total. The molecule has 0 amide bonds. The predicted octanol–water partition coefficient (Wildman–Crippen LogP) is 5.05. The van der Waals surface area contributed by atoms with Gasteiger partial charge in [-0.25, -0.2) is 0 Å². The van der Waals surface area contributed by atoms with Crippen LogP contribution in [-0.4, -0.2) is 103 Å². The lowest BCUT2D eigenvalue weighted by Gasteiger charge is -2.36. The van der Waals surface area contributed by atoms with Crippen LogP contribution in [0.3, 0.4) is 0 Å². The van der Waals surface area contributed by atoms with E-state index in [9.17, 15) is 0 Å². The van der Waals surface area contributed by atoms with Gasteiger partial charge in [0.05, 0.1) is 88.8 Å². The second kappa shape index (κ2) is 16.1. The van der Waals surface area contributed by atoms with Gasteiger partial charge in [0.15, 0.2) is 0 Å². The maximum Gasteiger partial charge on any atom is 0.0845 e. The van der Waals surface area contributed by atoms with Gasteiger partial charge in [-0.1, -0.05) is 0 Å². The van der Waals surface area contributed by atoms with Crippen LogP contribution in [0.15, 0.2) is 0 Å². The van der Waals surface area contributed by atoms with E-state index in [4.69, 9.17) is 37.9 Å². The van der Waals surface area contributed by atoms with Gasteiger partial charge in [-0.3, -0.25) is 0 Å². The highest BCUT2D eigenvalue weighted by Crippen LogP contribution is 2.39. The van der Waals surface area contributed by atoms with Crippen LogP contribution < -0.4 is 0 Å². The first kappa shape index (κ1) is 32.1. The Morgan fingerprint density at radius 2 is 1.02 bits per heavy atom. The van der Waals surface area contributed by atoms with E-state index >= 15 is 0 Å². The molecular formula is C33H58O8. The zero-order chi connectivity index (χ0) is 28.5. The third-order valence-corrected chi connectivity index (χ3v) is 9.95. The summed E-state index contributed by atoms with van der Waals surface area (Å²) in [6.07, 6.45) is 12.2. The summed E-state index contributed by atoms with van der Waals surface area (Å²) in [4.78, 5) is 0. The van der Waals surface area contributed by atoms with Gasteiger partial charge in [-0.05, 0) is 90.4 Å². The van der Waals surface area contributed by atoms with Crippen LogP contribution in [0.25, 0.3) is 0 Å². The van der Waals surface area contributed by atoms with Crippen molar-refractivity contribution in [2.45, 2.75) is 109 Å². The lowest BCUT2D eigenvalue weighted by atomic mass is 9.89. The Hall–Kier alpha value is -0.320. The number of fused-ring (bicyclic) bond motifs is 1. The molecule has 0 aromatic carbocycles. The fourth-order valence-electron chi connectivity index (χ4n) is 7.04. The minimum absolute atomic E-state index is 0.309. The summed E-state index contributed by atoms with van der Waals surface area (Å²) in [6, 6.07) is 0. The Kier molecular flexibility index (Phi) is 12.6. The molecule has 9 atom stereocenters. The number of hydrogen-bond donors (Lipinski definition) is 0. The van der Waals surface area contributed by atoms with Crippen LogP contribution in [-0.2, 0) is 37.9 Å². The quantitative estimate of drug-likeness (QED) is 0.234. The minimum Gasteiger partial charge on any atom is -0.380 e. The molecule has 8 heteroatoms. The maximum atomic E-state index is 6.51. The Balaban J connectivity index is 1.17. The Labute approximate surface area is 248 Å². The van der Waals surface area contributed by atoms with Gasteiger partial charge in [0, 0.05) is 31.7 Å². The second-order valence-electron chi connectivity index (χ2n) is 14.2. The molecule has 0 spiro atoms. The number of ether oxygens (including phenoxy) is 8. The number of rotatable bonds is 16. The molecule has 1 saturated carbocycles. The summed E-state index contributed by atoms with van der Waals surface area (Å²) >= 11 is 0. The highest BCUT2D eigenvalue weighted by atomic mass is 16.6. The van der Waals surface area contributed by atoms with E-state index in [0.717, 1.165) is 78.0 Å². The Morgan fingerprint density at radius 3 is 1.51 bits per heavy atom. The summed E-state index contributed by atoms with van der Waals surface area (Å²) in [6.45, 7) is 14.1. The minimum atomic E-state index is -0.351. The summed E-state index contributed by atoms with van der Waals surface area (Å²) in [7, 11) is 0. The fourth-order valence-corrected chi connectivity index (χ4v) is 7.04. The molecule has 0 aromatic rings. The molecule has 9 unspecified atom stereocenters. The van der Waals surface area contributed by atoms with Crippen LogP contribution in [0.2, 0.25) is 0 Å². The normalized spacial score (nSPS) is 39.1. The van der Waals surface area contributed by atoms with Crippen LogP contribution in [0.4, 0.5) is 0 Å². The average Bonchev–Trinajstić information content (AvgIpc) is 3.74. The number of epoxide rings is 1. The molecule has 4 heterocycles. The first-order valence-corrected chi connectivity index (χ1v) is 16.8. The highest BCUT2D eigenvalue weighted by Gasteiger charge is 2.44. The van der Waals surface area contributed by atoms with E-state index in [1.54, 1.807) is 0 Å². The van der Waals surface area contributed by atoms with Gasteiger partial charge in [-0.2, -0.15) is 0 Å². The van der Waals surface area contributed by atoms with Crippen molar-refractivity contribution in [1.82, 2.24) is 0 Å². The van der Waals surface area contributed by atoms with Gasteiger partial charge < -0.3 is 37.9 Å². The van der Waals surface area contributed by atoms with Crippen molar-refractivity contribution in [3.8, 4) is 0 Å². The molecular weight excluding hydrogens is 524 g/mol. The Morgan fingerprint density at radius 1 is 0.512 bits per heavy atom. The van der Waals surface area contributed by atoms with Gasteiger partial charge in [0.25, 0.3) is 0 Å². The van der Waals surface area contributed by atoms with Crippen LogP contribution in [0, 0.1) is 29.1 Å². The highest BCUT2D eigenvalue weighted by molar-refractivity contribution is 4.92. The first-order chi connectivity index (χ1) is 20.0. The van der Waals surface area contributed by atoms with Gasteiger partial charge in [0.1, 0.15) is 0 Å². The second-order valence-corrected chi connectivity index (χ2v) is 14.2. The molecule has 41 heavy (non-hydrogen) atoms. The van der Waals surface area contributed by atoms with E-state index in [1.807, 2.05) is 0 Å². The van der Waals surface area contributed by atoms with Gasteiger partial charge in [-0.15, -0.1) is 0 Å². The van der Waals surface area contributed by atoms with Gasteiger partial charge >= 0.3 is 0 Å². The van der Waals surface area contributed by atoms with Crippen molar-refractivity contribution in [2.75, 3.05) is 72.7 Å². The maximum absolute atomic E-state index is 6.51. The molecule has 5 aliphatic rings. The first-order valence-electron chi connectivity index (χ1n) is 16.8. The monoisotopic (exact) mass is 582 g/mol. The topological polar surface area (TPSA) is 77.1 Å². The molecule has 1 aliphatic carbocycles. The van der Waals surface area contributed by atoms with E-state index in [2.05, 4.69) is 20.8 Å². The van der Waals surface area contributed by atoms with E-state index in [-0.39, 0.29) is 5.41 Å². The standard InChI is InChI=1S/C33H58O8/c1-24-4-6-29(18-39-24)16-36-22-33(21-35-15-28-10-11-38-26(3)12-28,23-37-17-30-7-5-25(2)40-19-30)20-34-14-27-8-9-31-32(13-27)41-31/h24-32H,4-23H2,1-3H3. The van der Waals surface area contributed by atoms with E-state index < -0.39 is 0 Å². The van der Waals surface area contributed by atoms with Crippen molar-refractivity contribution in [1.29, 1.82) is 0 Å². The molecule has 0 bridgehead atoms. The van der Waals surface area contributed by atoms with E-state index in [0.29, 0.717) is 93.8 Å². The van der Waals surface area contributed by atoms with Crippen LogP contribution in [0.1, 0.15) is 78.6 Å². The van der Waals surface area contributed by atoms with Crippen LogP contribution >= 0.6 is 0 Å². The summed E-state index contributed by atoms with van der Waals surface area (Å²) in [5.41, 5.74) is -0.351. The average molecular weight is 583 g/mol. The van der Waals surface area contributed by atoms with Crippen molar-refractivity contribution < 1.29 is 37.9 Å². The number of hydrogen-bond acceptors (Lipinski definition) is 8. The molecule has 4 aliphatic heterocycles. The molecule has 5 rings (SSSR count). The predicted molar refractivity (Wildman–Crippen MR) is 156 cm³/mol. The fraction of sp³-hybridized carbons (Fsp3) is 1.00. The third kappa shape index (κ3) is 10.7. The Bertz CT molecular complexity index is 693. The van der Waals surface area contributed by atoms with Crippen LogP contribution in [0.5, 0.6) is 0 Å². The van der Waals surface area contributed by atoms with Gasteiger partial charge in [0.2, 0.25) is 0 Å². The zero-order valence-corrected chi connectivity index (χ0v) is 26.1. The van der Waals surface area contributed by atoms with Crippen molar-refractivity contribution in [3.05, 3.63) is 0 Å². The lowest BCUT2D eigenvalue weighted by molar-refractivity contribution is -0.132. The van der Waals surface area contributed by atoms with Crippen molar-refractivity contribution in [2.24, 2.45) is 29.1 Å². The molecule has 4 saturated heterocycles.